The third-order valence-corrected chi connectivity index (χ3v) is 6.98. The van der Waals surface area contributed by atoms with Crippen LogP contribution in [0.1, 0.15) is 26.2 Å². The first-order valence-electron chi connectivity index (χ1n) is 10.4. The molecule has 2 saturated heterocycles. The molecule has 2 fully saturated rings. The number of urea groups is 1. The van der Waals surface area contributed by atoms with Crippen LogP contribution in [0.3, 0.4) is 0 Å². The van der Waals surface area contributed by atoms with Crippen LogP contribution in [0.15, 0.2) is 18.2 Å². The zero-order chi connectivity index (χ0) is 22.6. The monoisotopic (exact) mass is 486 g/mol. The standard InChI is InChI=1S/C21H28Cl2N4O3S/c1-14(13-21(4-3-9-31-2)19(29)24-20(30)25-21)18(28)27-7-5-26(6-8-27)17-11-15(22)10-16(23)12-17/h10-12,14H,3-9,13H2,1-2H3,(H2,24,25,29,30)/t14-,21+/m1/s1. The van der Waals surface area contributed by atoms with E-state index >= 15 is 0 Å². The summed E-state index contributed by atoms with van der Waals surface area (Å²) >= 11 is 13.9. The average molecular weight is 487 g/mol. The molecule has 170 valence electrons. The first-order valence-corrected chi connectivity index (χ1v) is 12.5. The molecule has 1 aromatic rings. The van der Waals surface area contributed by atoms with Crippen LogP contribution in [0.4, 0.5) is 10.5 Å². The maximum atomic E-state index is 13.1. The summed E-state index contributed by atoms with van der Waals surface area (Å²) in [6.45, 7) is 4.33. The lowest BCUT2D eigenvalue weighted by molar-refractivity contribution is -0.136. The SMILES string of the molecule is CSCCC[C@@]1(C[C@@H](C)C(=O)N2CCN(c3cc(Cl)cc(Cl)c3)CC2)NC(=O)NC1=O. The Bertz CT molecular complexity index is 828. The van der Waals surface area contributed by atoms with Crippen molar-refractivity contribution in [1.29, 1.82) is 0 Å². The Morgan fingerprint density at radius 1 is 1.16 bits per heavy atom. The van der Waals surface area contributed by atoms with Gasteiger partial charge in [0.15, 0.2) is 0 Å². The number of hydrogen-bond acceptors (Lipinski definition) is 5. The largest absolute Gasteiger partial charge is 0.368 e. The van der Waals surface area contributed by atoms with Gasteiger partial charge in [0.25, 0.3) is 5.91 Å². The third-order valence-electron chi connectivity index (χ3n) is 5.85. The fraction of sp³-hybridized carbons (Fsp3) is 0.571. The first-order chi connectivity index (χ1) is 14.7. The molecule has 0 saturated carbocycles. The summed E-state index contributed by atoms with van der Waals surface area (Å²) in [6.07, 6.45) is 3.61. The molecule has 31 heavy (non-hydrogen) atoms. The van der Waals surface area contributed by atoms with E-state index in [-0.39, 0.29) is 17.7 Å². The second-order valence-electron chi connectivity index (χ2n) is 8.13. The zero-order valence-corrected chi connectivity index (χ0v) is 20.1. The van der Waals surface area contributed by atoms with Gasteiger partial charge in [0.1, 0.15) is 5.54 Å². The average Bonchev–Trinajstić information content (AvgIpc) is 2.99. The molecule has 2 heterocycles. The van der Waals surface area contributed by atoms with Crippen molar-refractivity contribution in [2.75, 3.05) is 43.1 Å². The molecule has 0 spiro atoms. The number of rotatable bonds is 8. The fourth-order valence-electron chi connectivity index (χ4n) is 4.30. The number of nitrogens with zero attached hydrogens (tertiary/aromatic N) is 2. The number of amides is 4. The van der Waals surface area contributed by atoms with Crippen molar-refractivity contribution in [3.63, 3.8) is 0 Å². The van der Waals surface area contributed by atoms with Crippen molar-refractivity contribution in [1.82, 2.24) is 15.5 Å². The maximum Gasteiger partial charge on any atom is 0.322 e. The second kappa shape index (κ2) is 10.3. The lowest BCUT2D eigenvalue weighted by Gasteiger charge is -2.38. The number of thioether (sulfide) groups is 1. The van der Waals surface area contributed by atoms with E-state index in [1.165, 1.54) is 0 Å². The Morgan fingerprint density at radius 2 is 1.81 bits per heavy atom. The highest BCUT2D eigenvalue weighted by atomic mass is 35.5. The van der Waals surface area contributed by atoms with Gasteiger partial charge in [-0.05, 0) is 49.5 Å². The highest BCUT2D eigenvalue weighted by molar-refractivity contribution is 7.98. The van der Waals surface area contributed by atoms with Crippen LogP contribution in [0, 0.1) is 5.92 Å². The van der Waals surface area contributed by atoms with Crippen molar-refractivity contribution in [2.24, 2.45) is 5.92 Å². The van der Waals surface area contributed by atoms with E-state index in [0.29, 0.717) is 49.1 Å². The summed E-state index contributed by atoms with van der Waals surface area (Å²) in [6, 6.07) is 4.95. The van der Waals surface area contributed by atoms with Crippen LogP contribution < -0.4 is 15.5 Å². The number of imide groups is 1. The number of benzene rings is 1. The highest BCUT2D eigenvalue weighted by Crippen LogP contribution is 2.29. The molecule has 0 radical (unpaired) electrons. The van der Waals surface area contributed by atoms with E-state index in [4.69, 9.17) is 23.2 Å². The number of anilines is 1. The van der Waals surface area contributed by atoms with Crippen LogP contribution >= 0.6 is 35.0 Å². The van der Waals surface area contributed by atoms with E-state index in [1.807, 2.05) is 30.2 Å². The molecular formula is C21H28Cl2N4O3S. The molecule has 4 amide bonds. The second-order valence-corrected chi connectivity index (χ2v) is 9.99. The van der Waals surface area contributed by atoms with Crippen LogP contribution in [-0.2, 0) is 9.59 Å². The fourth-order valence-corrected chi connectivity index (χ4v) is 5.24. The molecule has 1 aromatic carbocycles. The molecule has 2 aliphatic heterocycles. The van der Waals surface area contributed by atoms with Gasteiger partial charge < -0.3 is 15.1 Å². The van der Waals surface area contributed by atoms with Crippen molar-refractivity contribution >= 4 is 58.5 Å². The Hall–Kier alpha value is -1.64. The molecule has 0 unspecified atom stereocenters. The minimum absolute atomic E-state index is 0.00182. The van der Waals surface area contributed by atoms with Crippen molar-refractivity contribution in [3.8, 4) is 0 Å². The Labute approximate surface area is 197 Å². The summed E-state index contributed by atoms with van der Waals surface area (Å²) in [4.78, 5) is 41.4. The Morgan fingerprint density at radius 3 is 2.35 bits per heavy atom. The molecule has 2 aliphatic rings. The van der Waals surface area contributed by atoms with Gasteiger partial charge in [0.2, 0.25) is 5.91 Å². The van der Waals surface area contributed by atoms with Gasteiger partial charge >= 0.3 is 6.03 Å². The number of hydrogen-bond donors (Lipinski definition) is 2. The van der Waals surface area contributed by atoms with Crippen molar-refractivity contribution < 1.29 is 14.4 Å². The van der Waals surface area contributed by atoms with Gasteiger partial charge in [-0.25, -0.2) is 4.79 Å². The van der Waals surface area contributed by atoms with Gasteiger partial charge in [-0.2, -0.15) is 11.8 Å². The van der Waals surface area contributed by atoms with Gasteiger partial charge in [-0.1, -0.05) is 30.1 Å². The normalized spacial score (nSPS) is 22.3. The Kier molecular flexibility index (Phi) is 7.99. The summed E-state index contributed by atoms with van der Waals surface area (Å²) in [5.41, 5.74) is -0.0722. The smallest absolute Gasteiger partial charge is 0.322 e. The molecule has 3 rings (SSSR count). The number of piperazine rings is 1. The Balaban J connectivity index is 1.60. The molecule has 2 atom stereocenters. The van der Waals surface area contributed by atoms with E-state index < -0.39 is 11.6 Å². The molecule has 10 heteroatoms. The van der Waals surface area contributed by atoms with E-state index in [1.54, 1.807) is 17.8 Å². The summed E-state index contributed by atoms with van der Waals surface area (Å²) in [5.74, 6) is 0.177. The lowest BCUT2D eigenvalue weighted by Crippen LogP contribution is -2.53. The minimum atomic E-state index is -1.01. The molecule has 2 N–H and O–H groups in total. The number of carbonyl (C=O) groups excluding carboxylic acids is 3. The molecular weight excluding hydrogens is 459 g/mol. The van der Waals surface area contributed by atoms with E-state index in [9.17, 15) is 14.4 Å². The number of carbonyl (C=O) groups is 3. The quantitative estimate of drug-likeness (QED) is 0.434. The van der Waals surface area contributed by atoms with Gasteiger partial charge in [0, 0.05) is 47.8 Å². The van der Waals surface area contributed by atoms with Gasteiger partial charge in [-0.15, -0.1) is 0 Å². The van der Waals surface area contributed by atoms with Crippen LogP contribution in [0.25, 0.3) is 0 Å². The van der Waals surface area contributed by atoms with Crippen LogP contribution in [0.5, 0.6) is 0 Å². The molecule has 0 aromatic heterocycles. The lowest BCUT2D eigenvalue weighted by atomic mass is 9.83. The highest BCUT2D eigenvalue weighted by Gasteiger charge is 2.47. The van der Waals surface area contributed by atoms with Gasteiger partial charge in [0.05, 0.1) is 0 Å². The topological polar surface area (TPSA) is 81.8 Å². The maximum absolute atomic E-state index is 13.1. The van der Waals surface area contributed by atoms with Crippen LogP contribution in [0.2, 0.25) is 10.0 Å². The van der Waals surface area contributed by atoms with Crippen molar-refractivity contribution in [2.45, 2.75) is 31.7 Å². The minimum Gasteiger partial charge on any atom is -0.368 e. The zero-order valence-electron chi connectivity index (χ0n) is 17.7. The van der Waals surface area contributed by atoms with Gasteiger partial charge in [-0.3, -0.25) is 14.9 Å². The molecule has 7 nitrogen and oxygen atoms in total. The van der Waals surface area contributed by atoms with Crippen LogP contribution in [-0.4, -0.2) is 66.5 Å². The molecule has 0 bridgehead atoms. The third kappa shape index (κ3) is 5.79. The number of nitrogens with one attached hydrogen (secondary N) is 2. The number of halogens is 2. The summed E-state index contributed by atoms with van der Waals surface area (Å²) in [5, 5.41) is 6.30. The van der Waals surface area contributed by atoms with Crippen molar-refractivity contribution in [3.05, 3.63) is 28.2 Å². The van der Waals surface area contributed by atoms with E-state index in [2.05, 4.69) is 15.5 Å². The molecule has 0 aliphatic carbocycles. The summed E-state index contributed by atoms with van der Waals surface area (Å²) in [7, 11) is 0. The van der Waals surface area contributed by atoms with E-state index in [0.717, 1.165) is 17.9 Å². The first kappa shape index (κ1) is 24.0. The summed E-state index contributed by atoms with van der Waals surface area (Å²) < 4.78 is 0. The predicted molar refractivity (Wildman–Crippen MR) is 126 cm³/mol. The predicted octanol–water partition coefficient (Wildman–Crippen LogP) is 3.39.